The van der Waals surface area contributed by atoms with E-state index < -0.39 is 0 Å². The van der Waals surface area contributed by atoms with E-state index in [0.29, 0.717) is 0 Å². The van der Waals surface area contributed by atoms with E-state index in [1.807, 2.05) is 19.2 Å². The lowest BCUT2D eigenvalue weighted by atomic mass is 9.77. The normalized spacial score (nSPS) is 16.9. The Bertz CT molecular complexity index is 926. The van der Waals surface area contributed by atoms with Crippen molar-refractivity contribution in [3.8, 4) is 11.3 Å². The first-order valence-corrected chi connectivity index (χ1v) is 7.50. The summed E-state index contributed by atoms with van der Waals surface area (Å²) in [7, 11) is 3.72. The van der Waals surface area contributed by atoms with Crippen molar-refractivity contribution in [3.05, 3.63) is 40.4 Å². The Morgan fingerprint density at radius 2 is 2.05 bits per heavy atom. The Morgan fingerprint density at radius 3 is 2.64 bits per heavy atom. The van der Waals surface area contributed by atoms with Gasteiger partial charge in [0, 0.05) is 25.7 Å². The standard InChI is InChI=1S/C16H19N5O/c1-20-13-8-10(12-9-14(22)21(2)19-12)4-5-11(13)18-15(20)16(17)6-3-7-16/h4-5,8-9,19H,3,6-7,17H2,1-2H3. The van der Waals surface area contributed by atoms with Gasteiger partial charge in [0.25, 0.3) is 5.56 Å². The minimum absolute atomic E-state index is 0.0452. The van der Waals surface area contributed by atoms with Crippen molar-refractivity contribution in [3.63, 3.8) is 0 Å². The molecule has 3 aromatic rings. The predicted octanol–water partition coefficient (Wildman–Crippen LogP) is 1.61. The highest BCUT2D eigenvalue weighted by Crippen LogP contribution is 2.39. The molecule has 0 spiro atoms. The molecule has 2 aromatic heterocycles. The number of rotatable bonds is 2. The van der Waals surface area contributed by atoms with E-state index in [4.69, 9.17) is 10.7 Å². The number of aryl methyl sites for hydroxylation is 2. The first kappa shape index (κ1) is 13.3. The molecule has 0 aliphatic heterocycles. The number of nitrogens with one attached hydrogen (secondary N) is 1. The molecule has 0 saturated heterocycles. The molecular formula is C16H19N5O. The van der Waals surface area contributed by atoms with Crippen LogP contribution in [0.2, 0.25) is 0 Å². The molecule has 2 heterocycles. The zero-order valence-corrected chi connectivity index (χ0v) is 12.8. The maximum Gasteiger partial charge on any atom is 0.266 e. The largest absolute Gasteiger partial charge is 0.330 e. The van der Waals surface area contributed by atoms with Crippen molar-refractivity contribution < 1.29 is 0 Å². The number of hydrogen-bond acceptors (Lipinski definition) is 3. The Balaban J connectivity index is 1.87. The molecule has 1 fully saturated rings. The SMILES string of the molecule is Cn1[nH]c(-c2ccc3nc(C4(N)CCC4)n(C)c3c2)cc1=O. The van der Waals surface area contributed by atoms with Crippen molar-refractivity contribution in [2.75, 3.05) is 0 Å². The molecule has 0 radical (unpaired) electrons. The van der Waals surface area contributed by atoms with Crippen LogP contribution in [0.5, 0.6) is 0 Å². The van der Waals surface area contributed by atoms with E-state index >= 15 is 0 Å². The van der Waals surface area contributed by atoms with Gasteiger partial charge in [-0.25, -0.2) is 4.98 Å². The molecule has 6 nitrogen and oxygen atoms in total. The lowest BCUT2D eigenvalue weighted by Crippen LogP contribution is -2.45. The number of aromatic amines is 1. The average Bonchev–Trinajstić information content (AvgIpc) is 2.98. The van der Waals surface area contributed by atoms with Gasteiger partial charge in [0.05, 0.1) is 22.3 Å². The first-order valence-electron chi connectivity index (χ1n) is 7.50. The maximum absolute atomic E-state index is 11.6. The smallest absolute Gasteiger partial charge is 0.266 e. The molecule has 114 valence electrons. The summed E-state index contributed by atoms with van der Waals surface area (Å²) < 4.78 is 3.55. The zero-order chi connectivity index (χ0) is 15.5. The molecule has 0 bridgehead atoms. The molecule has 4 rings (SSSR count). The molecule has 6 heteroatoms. The molecule has 1 aliphatic carbocycles. The molecular weight excluding hydrogens is 278 g/mol. The van der Waals surface area contributed by atoms with Gasteiger partial charge < -0.3 is 10.3 Å². The fourth-order valence-electron chi connectivity index (χ4n) is 3.22. The topological polar surface area (TPSA) is 81.6 Å². The number of benzene rings is 1. The number of aromatic nitrogens is 4. The first-order chi connectivity index (χ1) is 10.5. The summed E-state index contributed by atoms with van der Waals surface area (Å²) in [6.45, 7) is 0. The van der Waals surface area contributed by atoms with Gasteiger partial charge in [-0.2, -0.15) is 0 Å². The van der Waals surface area contributed by atoms with Gasteiger partial charge in [-0.05, 0) is 31.4 Å². The molecule has 0 amide bonds. The summed E-state index contributed by atoms with van der Waals surface area (Å²) in [5.74, 6) is 0.951. The number of nitrogens with zero attached hydrogens (tertiary/aromatic N) is 3. The number of nitrogens with two attached hydrogens (primary N) is 1. The molecule has 1 saturated carbocycles. The van der Waals surface area contributed by atoms with Crippen LogP contribution in [-0.2, 0) is 19.6 Å². The monoisotopic (exact) mass is 297 g/mol. The highest BCUT2D eigenvalue weighted by molar-refractivity contribution is 5.82. The van der Waals surface area contributed by atoms with Gasteiger partial charge in [-0.3, -0.25) is 14.6 Å². The van der Waals surface area contributed by atoms with Crippen LogP contribution in [-0.4, -0.2) is 19.3 Å². The van der Waals surface area contributed by atoms with Crippen LogP contribution in [0.1, 0.15) is 25.1 Å². The van der Waals surface area contributed by atoms with Crippen molar-refractivity contribution >= 4 is 11.0 Å². The van der Waals surface area contributed by atoms with Crippen LogP contribution in [0.15, 0.2) is 29.1 Å². The Kier molecular flexibility index (Phi) is 2.62. The predicted molar refractivity (Wildman–Crippen MR) is 85.5 cm³/mol. The van der Waals surface area contributed by atoms with Gasteiger partial charge in [0.1, 0.15) is 5.82 Å². The molecule has 22 heavy (non-hydrogen) atoms. The van der Waals surface area contributed by atoms with Crippen LogP contribution < -0.4 is 11.3 Å². The van der Waals surface area contributed by atoms with Crippen LogP contribution >= 0.6 is 0 Å². The fraction of sp³-hybridized carbons (Fsp3) is 0.375. The molecule has 3 N–H and O–H groups in total. The average molecular weight is 297 g/mol. The lowest BCUT2D eigenvalue weighted by molar-refractivity contribution is 0.234. The summed E-state index contributed by atoms with van der Waals surface area (Å²) in [4.78, 5) is 16.3. The summed E-state index contributed by atoms with van der Waals surface area (Å²) in [5, 5.41) is 3.05. The molecule has 0 unspecified atom stereocenters. The number of imidazole rings is 1. The van der Waals surface area contributed by atoms with Crippen molar-refractivity contribution in [1.82, 2.24) is 19.3 Å². The van der Waals surface area contributed by atoms with E-state index in [0.717, 1.165) is 47.4 Å². The van der Waals surface area contributed by atoms with Crippen LogP contribution in [0.3, 0.4) is 0 Å². The zero-order valence-electron chi connectivity index (χ0n) is 12.8. The maximum atomic E-state index is 11.6. The third kappa shape index (κ3) is 1.77. The van der Waals surface area contributed by atoms with Gasteiger partial charge in [0.15, 0.2) is 0 Å². The van der Waals surface area contributed by atoms with Gasteiger partial charge in [-0.15, -0.1) is 0 Å². The van der Waals surface area contributed by atoms with Crippen molar-refractivity contribution in [2.45, 2.75) is 24.8 Å². The molecule has 1 aromatic carbocycles. The van der Waals surface area contributed by atoms with E-state index in [-0.39, 0.29) is 11.1 Å². The highest BCUT2D eigenvalue weighted by atomic mass is 16.1. The Morgan fingerprint density at radius 1 is 1.27 bits per heavy atom. The molecule has 0 atom stereocenters. The van der Waals surface area contributed by atoms with Crippen molar-refractivity contribution in [1.29, 1.82) is 0 Å². The fourth-order valence-corrected chi connectivity index (χ4v) is 3.22. The van der Waals surface area contributed by atoms with Crippen LogP contribution in [0, 0.1) is 0 Å². The highest BCUT2D eigenvalue weighted by Gasteiger charge is 2.38. The summed E-state index contributed by atoms with van der Waals surface area (Å²) in [5.41, 5.74) is 9.86. The van der Waals surface area contributed by atoms with E-state index in [9.17, 15) is 4.79 Å². The van der Waals surface area contributed by atoms with Gasteiger partial charge in [-0.1, -0.05) is 6.07 Å². The lowest BCUT2D eigenvalue weighted by Gasteiger charge is -2.37. The number of H-pyrrole nitrogens is 1. The van der Waals surface area contributed by atoms with E-state index in [1.165, 1.54) is 4.68 Å². The minimum atomic E-state index is -0.283. The number of fused-ring (bicyclic) bond motifs is 1. The minimum Gasteiger partial charge on any atom is -0.330 e. The second-order valence-electron chi connectivity index (χ2n) is 6.27. The van der Waals surface area contributed by atoms with Crippen LogP contribution in [0.25, 0.3) is 22.3 Å². The summed E-state index contributed by atoms with van der Waals surface area (Å²) in [6.07, 6.45) is 3.14. The van der Waals surface area contributed by atoms with Gasteiger partial charge >= 0.3 is 0 Å². The number of hydrogen-bond donors (Lipinski definition) is 2. The van der Waals surface area contributed by atoms with E-state index in [1.54, 1.807) is 13.1 Å². The second-order valence-corrected chi connectivity index (χ2v) is 6.27. The van der Waals surface area contributed by atoms with Crippen LogP contribution in [0.4, 0.5) is 0 Å². The quantitative estimate of drug-likeness (QED) is 0.754. The molecule has 1 aliphatic rings. The van der Waals surface area contributed by atoms with E-state index in [2.05, 4.69) is 15.7 Å². The third-order valence-electron chi connectivity index (χ3n) is 4.77. The Hall–Kier alpha value is -2.34. The van der Waals surface area contributed by atoms with Crippen molar-refractivity contribution in [2.24, 2.45) is 19.8 Å². The Labute approximate surface area is 127 Å². The third-order valence-corrected chi connectivity index (χ3v) is 4.77. The summed E-state index contributed by atoms with van der Waals surface area (Å²) >= 11 is 0. The van der Waals surface area contributed by atoms with Gasteiger partial charge in [0.2, 0.25) is 0 Å². The second kappa shape index (κ2) is 4.33. The summed E-state index contributed by atoms with van der Waals surface area (Å²) in [6, 6.07) is 7.63.